The molecule has 1 fully saturated rings. The number of allylic oxidation sites excluding steroid dienone is 6. The molecule has 0 amide bonds. The monoisotopic (exact) mass is 414 g/mol. The van der Waals surface area contributed by atoms with Crippen molar-refractivity contribution in [3.63, 3.8) is 0 Å². The van der Waals surface area contributed by atoms with Crippen LogP contribution in [0, 0.1) is 22.2 Å². The minimum absolute atomic E-state index is 0.112. The van der Waals surface area contributed by atoms with Crippen molar-refractivity contribution in [2.45, 2.75) is 114 Å². The van der Waals surface area contributed by atoms with E-state index in [9.17, 15) is 5.11 Å². The summed E-state index contributed by atoms with van der Waals surface area (Å²) in [4.78, 5) is 0. The SMILES string of the molecule is CC/C=C(\C=C\C(C)(C)CCC)C(/O)=C(\C=C(/C)C1CCC(C)(C)CC1)C(C)(C)C. The highest BCUT2D eigenvalue weighted by atomic mass is 16.3. The molecule has 0 radical (unpaired) electrons. The molecule has 0 atom stereocenters. The maximum atomic E-state index is 11.4. The first-order valence-electron chi connectivity index (χ1n) is 12.2. The van der Waals surface area contributed by atoms with Gasteiger partial charge in [0.15, 0.2) is 0 Å². The first kappa shape index (κ1) is 26.8. The maximum absolute atomic E-state index is 11.4. The lowest BCUT2D eigenvalue weighted by Gasteiger charge is -2.35. The Morgan fingerprint density at radius 2 is 1.60 bits per heavy atom. The zero-order valence-electron chi connectivity index (χ0n) is 21.8. The van der Waals surface area contributed by atoms with E-state index >= 15 is 0 Å². The summed E-state index contributed by atoms with van der Waals surface area (Å²) in [7, 11) is 0. The highest BCUT2D eigenvalue weighted by Crippen LogP contribution is 2.42. The number of aliphatic hydroxyl groups is 1. The molecule has 172 valence electrons. The van der Waals surface area contributed by atoms with E-state index in [0.29, 0.717) is 17.1 Å². The fourth-order valence-electron chi connectivity index (χ4n) is 4.50. The number of aliphatic hydroxyl groups excluding tert-OH is 1. The fraction of sp³-hybridized carbons (Fsp3) is 0.724. The molecule has 1 N–H and O–H groups in total. The topological polar surface area (TPSA) is 20.2 Å². The third kappa shape index (κ3) is 8.48. The Morgan fingerprint density at radius 1 is 1.03 bits per heavy atom. The Balaban J connectivity index is 3.31. The first-order valence-corrected chi connectivity index (χ1v) is 12.2. The van der Waals surface area contributed by atoms with Crippen molar-refractivity contribution < 1.29 is 5.11 Å². The molecule has 0 heterocycles. The number of hydrogen-bond donors (Lipinski definition) is 1. The summed E-state index contributed by atoms with van der Waals surface area (Å²) in [5, 5.41) is 11.4. The van der Waals surface area contributed by atoms with Crippen molar-refractivity contribution in [2.24, 2.45) is 22.2 Å². The molecule has 0 spiro atoms. The smallest absolute Gasteiger partial charge is 0.126 e. The number of rotatable bonds is 8. The molecule has 0 bridgehead atoms. The second kappa shape index (κ2) is 10.9. The van der Waals surface area contributed by atoms with Gasteiger partial charge in [0.05, 0.1) is 0 Å². The molecule has 0 aliphatic heterocycles. The average Bonchev–Trinajstić information content (AvgIpc) is 2.61. The molecule has 0 saturated heterocycles. The van der Waals surface area contributed by atoms with Gasteiger partial charge in [0, 0.05) is 5.57 Å². The van der Waals surface area contributed by atoms with Crippen LogP contribution in [0.2, 0.25) is 0 Å². The lowest BCUT2D eigenvalue weighted by Crippen LogP contribution is -2.22. The molecule has 1 rings (SSSR count). The highest BCUT2D eigenvalue weighted by molar-refractivity contribution is 5.45. The van der Waals surface area contributed by atoms with Gasteiger partial charge in [0.1, 0.15) is 5.76 Å². The quantitative estimate of drug-likeness (QED) is 0.309. The van der Waals surface area contributed by atoms with Crippen molar-refractivity contribution >= 4 is 0 Å². The van der Waals surface area contributed by atoms with Crippen LogP contribution in [0.3, 0.4) is 0 Å². The van der Waals surface area contributed by atoms with Gasteiger partial charge in [0.25, 0.3) is 0 Å². The zero-order valence-corrected chi connectivity index (χ0v) is 21.8. The highest BCUT2D eigenvalue weighted by Gasteiger charge is 2.29. The van der Waals surface area contributed by atoms with Crippen LogP contribution in [0.1, 0.15) is 114 Å². The van der Waals surface area contributed by atoms with Gasteiger partial charge in [-0.1, -0.05) is 98.6 Å². The molecular formula is C29H50O. The molecule has 0 unspecified atom stereocenters. The Kier molecular flexibility index (Phi) is 9.71. The van der Waals surface area contributed by atoms with Crippen LogP contribution in [0.4, 0.5) is 0 Å². The van der Waals surface area contributed by atoms with E-state index in [1.54, 1.807) is 0 Å². The molecule has 1 aliphatic carbocycles. The van der Waals surface area contributed by atoms with Crippen molar-refractivity contribution in [3.05, 3.63) is 46.8 Å². The maximum Gasteiger partial charge on any atom is 0.126 e. The minimum atomic E-state index is -0.112. The minimum Gasteiger partial charge on any atom is -0.507 e. The van der Waals surface area contributed by atoms with Crippen molar-refractivity contribution in [3.8, 4) is 0 Å². The van der Waals surface area contributed by atoms with Crippen LogP contribution in [-0.4, -0.2) is 5.11 Å². The van der Waals surface area contributed by atoms with Crippen LogP contribution in [0.15, 0.2) is 46.8 Å². The second-order valence-electron chi connectivity index (χ2n) is 12.0. The van der Waals surface area contributed by atoms with Gasteiger partial charge < -0.3 is 5.11 Å². The van der Waals surface area contributed by atoms with Gasteiger partial charge in [-0.3, -0.25) is 0 Å². The molecule has 1 nitrogen and oxygen atoms in total. The van der Waals surface area contributed by atoms with E-state index in [1.165, 1.54) is 37.7 Å². The molecule has 1 heteroatoms. The van der Waals surface area contributed by atoms with Gasteiger partial charge in [-0.15, -0.1) is 0 Å². The first-order chi connectivity index (χ1) is 13.7. The molecule has 30 heavy (non-hydrogen) atoms. The van der Waals surface area contributed by atoms with Crippen LogP contribution < -0.4 is 0 Å². The summed E-state index contributed by atoms with van der Waals surface area (Å²) in [5.41, 5.74) is 3.95. The molecule has 0 aromatic rings. The van der Waals surface area contributed by atoms with E-state index in [0.717, 1.165) is 24.0 Å². The Labute approximate surface area is 188 Å². The standard InChI is InChI=1S/C29H50O/c1-11-13-24(16-20-28(7,8)17-12-2)26(30)25(27(4,5)6)21-22(3)23-14-18-29(9,10)19-15-23/h13,16,20-21,23,30H,11-12,14-15,17-19H2,1-10H3/b20-16+,22-21+,24-13+,26-25-. The predicted molar refractivity (Wildman–Crippen MR) is 135 cm³/mol. The van der Waals surface area contributed by atoms with Crippen LogP contribution in [0.5, 0.6) is 0 Å². The lowest BCUT2D eigenvalue weighted by molar-refractivity contribution is 0.208. The van der Waals surface area contributed by atoms with Gasteiger partial charge in [-0.25, -0.2) is 0 Å². The van der Waals surface area contributed by atoms with Gasteiger partial charge in [-0.2, -0.15) is 0 Å². The van der Waals surface area contributed by atoms with Gasteiger partial charge >= 0.3 is 0 Å². The summed E-state index contributed by atoms with van der Waals surface area (Å²) < 4.78 is 0. The second-order valence-corrected chi connectivity index (χ2v) is 12.0. The zero-order chi connectivity index (χ0) is 23.2. The Bertz CT molecular complexity index is 664. The summed E-state index contributed by atoms with van der Waals surface area (Å²) in [5.74, 6) is 1.09. The predicted octanol–water partition coefficient (Wildman–Crippen LogP) is 9.73. The van der Waals surface area contributed by atoms with E-state index in [2.05, 4.69) is 93.5 Å². The summed E-state index contributed by atoms with van der Waals surface area (Å²) >= 11 is 0. The number of hydrogen-bond acceptors (Lipinski definition) is 1. The van der Waals surface area contributed by atoms with Crippen LogP contribution in [0.25, 0.3) is 0 Å². The van der Waals surface area contributed by atoms with E-state index in [1.807, 2.05) is 0 Å². The van der Waals surface area contributed by atoms with Crippen LogP contribution >= 0.6 is 0 Å². The lowest BCUT2D eigenvalue weighted by atomic mass is 9.70. The summed E-state index contributed by atoms with van der Waals surface area (Å²) in [6, 6.07) is 0. The van der Waals surface area contributed by atoms with E-state index in [4.69, 9.17) is 0 Å². The van der Waals surface area contributed by atoms with Crippen LogP contribution in [-0.2, 0) is 0 Å². The molecule has 1 aliphatic rings. The molecule has 0 aromatic carbocycles. The normalized spacial score (nSPS) is 20.6. The Morgan fingerprint density at radius 3 is 2.07 bits per heavy atom. The summed E-state index contributed by atoms with van der Waals surface area (Å²) in [6.45, 7) is 22.6. The fourth-order valence-corrected chi connectivity index (χ4v) is 4.50. The third-order valence-electron chi connectivity index (χ3n) is 6.72. The van der Waals surface area contributed by atoms with E-state index < -0.39 is 0 Å². The van der Waals surface area contributed by atoms with E-state index in [-0.39, 0.29) is 10.8 Å². The van der Waals surface area contributed by atoms with Gasteiger partial charge in [0.2, 0.25) is 0 Å². The average molecular weight is 415 g/mol. The van der Waals surface area contributed by atoms with Crippen molar-refractivity contribution in [1.29, 1.82) is 0 Å². The van der Waals surface area contributed by atoms with Gasteiger partial charge in [-0.05, 0) is 73.2 Å². The largest absolute Gasteiger partial charge is 0.507 e. The summed E-state index contributed by atoms with van der Waals surface area (Å²) in [6.07, 6.45) is 17.2. The molecule has 0 aromatic heterocycles. The van der Waals surface area contributed by atoms with Crippen molar-refractivity contribution in [1.82, 2.24) is 0 Å². The molecule has 1 saturated carbocycles. The molecular weight excluding hydrogens is 364 g/mol. The third-order valence-corrected chi connectivity index (χ3v) is 6.72. The Hall–Kier alpha value is -1.24. The van der Waals surface area contributed by atoms with Crippen molar-refractivity contribution in [2.75, 3.05) is 0 Å².